The van der Waals surface area contributed by atoms with Gasteiger partial charge in [0.15, 0.2) is 0 Å². The Balaban J connectivity index is 2.69. The summed E-state index contributed by atoms with van der Waals surface area (Å²) in [6.45, 7) is 3.57. The van der Waals surface area contributed by atoms with Gasteiger partial charge in [-0.15, -0.1) is 0 Å². The van der Waals surface area contributed by atoms with Crippen LogP contribution in [0.15, 0.2) is 24.5 Å². The molecule has 0 spiro atoms. The van der Waals surface area contributed by atoms with Crippen molar-refractivity contribution in [2.75, 3.05) is 0 Å². The predicted molar refractivity (Wildman–Crippen MR) is 53.0 cm³/mol. The molecule has 0 N–H and O–H groups in total. The Kier molecular flexibility index (Phi) is 2.26. The summed E-state index contributed by atoms with van der Waals surface area (Å²) in [4.78, 5) is 4.00. The van der Waals surface area contributed by atoms with Gasteiger partial charge in [-0.2, -0.15) is 0 Å². The van der Waals surface area contributed by atoms with Crippen molar-refractivity contribution in [1.82, 2.24) is 9.55 Å². The van der Waals surface area contributed by atoms with Gasteiger partial charge in [0, 0.05) is 5.69 Å². The molecule has 1 aromatic heterocycles. The third-order valence-corrected chi connectivity index (χ3v) is 2.43. The highest BCUT2D eigenvalue weighted by Crippen LogP contribution is 2.20. The lowest BCUT2D eigenvalue weighted by molar-refractivity contribution is 0.567. The molecule has 2 nitrogen and oxygen atoms in total. The molecule has 15 heavy (non-hydrogen) atoms. The average molecular weight is 208 g/mol. The van der Waals surface area contributed by atoms with E-state index in [1.54, 1.807) is 13.8 Å². The smallest absolute Gasteiger partial charge is 0.150 e. The van der Waals surface area contributed by atoms with Crippen molar-refractivity contribution in [3.8, 4) is 5.69 Å². The summed E-state index contributed by atoms with van der Waals surface area (Å²) in [6.07, 6.45) is 1.42. The number of halogens is 2. The molecule has 0 unspecified atom stereocenters. The minimum atomic E-state index is -0.587. The van der Waals surface area contributed by atoms with Crippen molar-refractivity contribution in [1.29, 1.82) is 0 Å². The Morgan fingerprint density at radius 2 is 1.73 bits per heavy atom. The third kappa shape index (κ3) is 1.52. The highest BCUT2D eigenvalue weighted by molar-refractivity contribution is 5.37. The van der Waals surface area contributed by atoms with E-state index in [-0.39, 0.29) is 5.69 Å². The van der Waals surface area contributed by atoms with E-state index < -0.39 is 11.6 Å². The van der Waals surface area contributed by atoms with Crippen LogP contribution >= 0.6 is 0 Å². The standard InChI is InChI=1S/C11H10F2N2/c1-7-8(2)15(6-14-7)11-9(12)4-3-5-10(11)13/h3-6H,1-2H3. The Hall–Kier alpha value is -1.71. The second-order valence-corrected chi connectivity index (χ2v) is 3.36. The quantitative estimate of drug-likeness (QED) is 0.704. The molecular formula is C11H10F2N2. The Morgan fingerprint density at radius 1 is 1.13 bits per heavy atom. The summed E-state index contributed by atoms with van der Waals surface area (Å²) < 4.78 is 28.3. The molecular weight excluding hydrogens is 198 g/mol. The maximum Gasteiger partial charge on any atom is 0.150 e. The molecule has 0 atom stereocenters. The fourth-order valence-electron chi connectivity index (χ4n) is 1.44. The second-order valence-electron chi connectivity index (χ2n) is 3.36. The summed E-state index contributed by atoms with van der Waals surface area (Å²) in [6, 6.07) is 3.80. The first-order valence-corrected chi connectivity index (χ1v) is 4.56. The molecule has 78 valence electrons. The Morgan fingerprint density at radius 3 is 2.20 bits per heavy atom. The molecule has 2 aromatic rings. The van der Waals surface area contributed by atoms with Crippen LogP contribution in [0.5, 0.6) is 0 Å². The summed E-state index contributed by atoms with van der Waals surface area (Å²) in [7, 11) is 0. The van der Waals surface area contributed by atoms with Crippen LogP contribution in [-0.4, -0.2) is 9.55 Å². The lowest BCUT2D eigenvalue weighted by atomic mass is 10.2. The topological polar surface area (TPSA) is 17.8 Å². The van der Waals surface area contributed by atoms with E-state index >= 15 is 0 Å². The third-order valence-electron chi connectivity index (χ3n) is 2.43. The number of aromatic nitrogens is 2. The number of nitrogens with zero attached hydrogens (tertiary/aromatic N) is 2. The fraction of sp³-hybridized carbons (Fsp3) is 0.182. The Bertz CT molecular complexity index is 483. The van der Waals surface area contributed by atoms with Crippen LogP contribution in [0, 0.1) is 25.5 Å². The summed E-state index contributed by atoms with van der Waals surface area (Å²) in [5.74, 6) is -1.17. The summed E-state index contributed by atoms with van der Waals surface area (Å²) >= 11 is 0. The van der Waals surface area contributed by atoms with Crippen molar-refractivity contribution >= 4 is 0 Å². The molecule has 0 saturated carbocycles. The molecule has 4 heteroatoms. The minimum absolute atomic E-state index is 0.0735. The van der Waals surface area contributed by atoms with E-state index in [0.717, 1.165) is 11.4 Å². The van der Waals surface area contributed by atoms with E-state index in [2.05, 4.69) is 4.98 Å². The molecule has 0 saturated heterocycles. The number of rotatable bonds is 1. The first kappa shape index (κ1) is 9.83. The van der Waals surface area contributed by atoms with Crippen molar-refractivity contribution in [2.45, 2.75) is 13.8 Å². The van der Waals surface area contributed by atoms with Crippen LogP contribution in [0.3, 0.4) is 0 Å². The summed E-state index contributed by atoms with van der Waals surface area (Å²) in [5.41, 5.74) is 1.42. The molecule has 0 aliphatic rings. The van der Waals surface area contributed by atoms with E-state index in [0.29, 0.717) is 0 Å². The summed E-state index contributed by atoms with van der Waals surface area (Å²) in [5, 5.41) is 0. The zero-order valence-electron chi connectivity index (χ0n) is 8.46. The lowest BCUT2D eigenvalue weighted by Gasteiger charge is -2.07. The van der Waals surface area contributed by atoms with Crippen molar-refractivity contribution in [2.24, 2.45) is 0 Å². The highest BCUT2D eigenvalue weighted by Gasteiger charge is 2.13. The lowest BCUT2D eigenvalue weighted by Crippen LogP contribution is -2.02. The van der Waals surface area contributed by atoms with E-state index in [1.165, 1.54) is 29.1 Å². The second kappa shape index (κ2) is 3.46. The van der Waals surface area contributed by atoms with Gasteiger partial charge in [0.25, 0.3) is 0 Å². The van der Waals surface area contributed by atoms with Gasteiger partial charge in [-0.1, -0.05) is 6.07 Å². The first-order valence-electron chi connectivity index (χ1n) is 4.56. The van der Waals surface area contributed by atoms with Crippen LogP contribution in [0.2, 0.25) is 0 Å². The first-order chi connectivity index (χ1) is 7.11. The van der Waals surface area contributed by atoms with Gasteiger partial charge < -0.3 is 0 Å². The zero-order valence-corrected chi connectivity index (χ0v) is 8.46. The number of hydrogen-bond acceptors (Lipinski definition) is 1. The molecule has 2 rings (SSSR count). The molecule has 0 fully saturated rings. The van der Waals surface area contributed by atoms with Gasteiger partial charge in [-0.3, -0.25) is 4.57 Å². The van der Waals surface area contributed by atoms with E-state index in [4.69, 9.17) is 0 Å². The van der Waals surface area contributed by atoms with Crippen molar-refractivity contribution in [3.05, 3.63) is 47.5 Å². The van der Waals surface area contributed by atoms with Crippen LogP contribution in [-0.2, 0) is 0 Å². The van der Waals surface area contributed by atoms with Gasteiger partial charge in [-0.05, 0) is 26.0 Å². The van der Waals surface area contributed by atoms with Gasteiger partial charge >= 0.3 is 0 Å². The number of aryl methyl sites for hydroxylation is 1. The van der Waals surface area contributed by atoms with Gasteiger partial charge in [0.05, 0.1) is 12.0 Å². The molecule has 1 heterocycles. The van der Waals surface area contributed by atoms with Crippen LogP contribution in [0.4, 0.5) is 8.78 Å². The Labute approximate surface area is 86.2 Å². The maximum absolute atomic E-state index is 13.4. The SMILES string of the molecule is Cc1ncn(-c2c(F)cccc2F)c1C. The van der Waals surface area contributed by atoms with Crippen molar-refractivity contribution < 1.29 is 8.78 Å². The van der Waals surface area contributed by atoms with Gasteiger partial charge in [0.1, 0.15) is 17.3 Å². The molecule has 0 amide bonds. The van der Waals surface area contributed by atoms with Crippen LogP contribution < -0.4 is 0 Å². The molecule has 0 aliphatic heterocycles. The molecule has 0 radical (unpaired) electrons. The van der Waals surface area contributed by atoms with Crippen LogP contribution in [0.25, 0.3) is 5.69 Å². The number of benzene rings is 1. The number of para-hydroxylation sites is 1. The molecule has 1 aromatic carbocycles. The normalized spacial score (nSPS) is 10.7. The molecule has 0 bridgehead atoms. The fourth-order valence-corrected chi connectivity index (χ4v) is 1.44. The largest absolute Gasteiger partial charge is 0.298 e. The average Bonchev–Trinajstić information content (AvgIpc) is 2.49. The monoisotopic (exact) mass is 208 g/mol. The van der Waals surface area contributed by atoms with Crippen LogP contribution in [0.1, 0.15) is 11.4 Å². The van der Waals surface area contributed by atoms with E-state index in [1.807, 2.05) is 0 Å². The molecule has 0 aliphatic carbocycles. The number of imidazole rings is 1. The van der Waals surface area contributed by atoms with Crippen molar-refractivity contribution in [3.63, 3.8) is 0 Å². The van der Waals surface area contributed by atoms with Gasteiger partial charge in [-0.25, -0.2) is 13.8 Å². The van der Waals surface area contributed by atoms with Gasteiger partial charge in [0.2, 0.25) is 0 Å². The predicted octanol–water partition coefficient (Wildman–Crippen LogP) is 2.77. The minimum Gasteiger partial charge on any atom is -0.298 e. The zero-order chi connectivity index (χ0) is 11.0. The maximum atomic E-state index is 13.4. The highest BCUT2D eigenvalue weighted by atomic mass is 19.1. The van der Waals surface area contributed by atoms with E-state index in [9.17, 15) is 8.78 Å². The number of hydrogen-bond donors (Lipinski definition) is 0.